The first-order chi connectivity index (χ1) is 17.3. The van der Waals surface area contributed by atoms with Gasteiger partial charge in [-0.05, 0) is 56.2 Å². The van der Waals surface area contributed by atoms with Crippen LogP contribution in [0.4, 0.5) is 0 Å². The van der Waals surface area contributed by atoms with Crippen molar-refractivity contribution in [3.05, 3.63) is 54.6 Å². The Balaban J connectivity index is 2.25. The molecule has 0 aromatic heterocycles. The second-order valence-electron chi connectivity index (χ2n) is 9.54. The Hall–Kier alpha value is -1.88. The minimum absolute atomic E-state index is 0.154. The zero-order chi connectivity index (χ0) is 26.5. The van der Waals surface area contributed by atoms with E-state index >= 15 is 0 Å². The van der Waals surface area contributed by atoms with E-state index in [0.717, 1.165) is 37.7 Å². The Labute approximate surface area is 218 Å². The molecule has 1 aromatic carbocycles. The Morgan fingerprint density at radius 3 is 2.14 bits per heavy atom. The van der Waals surface area contributed by atoms with Crippen LogP contribution in [-0.4, -0.2) is 34.5 Å². The van der Waals surface area contributed by atoms with Crippen molar-refractivity contribution >= 4 is 13.5 Å². The summed E-state index contributed by atoms with van der Waals surface area (Å²) < 4.78 is 17.1. The van der Waals surface area contributed by atoms with E-state index in [-0.39, 0.29) is 12.1 Å². The predicted molar refractivity (Wildman–Crippen MR) is 150 cm³/mol. The summed E-state index contributed by atoms with van der Waals surface area (Å²) in [5.41, 5.74) is 0.879. The highest BCUT2D eigenvalue weighted by Crippen LogP contribution is 2.35. The minimum Gasteiger partial charge on any atom is -0.490 e. The van der Waals surface area contributed by atoms with Gasteiger partial charge < -0.3 is 19.8 Å². The van der Waals surface area contributed by atoms with Crippen LogP contribution in [0, 0.1) is 0 Å². The third-order valence-corrected chi connectivity index (χ3v) is 6.93. The summed E-state index contributed by atoms with van der Waals surface area (Å²) in [4.78, 5) is 31.3. The summed E-state index contributed by atoms with van der Waals surface area (Å²) in [7, 11) is -4.26. The lowest BCUT2D eigenvalue weighted by Gasteiger charge is -2.20. The molecule has 0 aliphatic rings. The maximum Gasteiger partial charge on any atom is 0.327 e. The molecule has 0 aliphatic carbocycles. The highest BCUT2D eigenvalue weighted by Gasteiger charge is 2.23. The second-order valence-corrected chi connectivity index (χ2v) is 11.2. The number of hydrogen-bond acceptors (Lipinski definition) is 3. The molecule has 7 heteroatoms. The van der Waals surface area contributed by atoms with Gasteiger partial charge in [0.15, 0.2) is 0 Å². The van der Waals surface area contributed by atoms with Gasteiger partial charge in [0, 0.05) is 12.5 Å². The standard InChI is InChI=1S/C29H48NO5P/c1-3-5-6-7-8-9-10-11-12-13-14-15-16-17-18-29(31)30-27(25-36(32,33)34)24-26-19-21-28(22-20-26)35-23-4-2/h4,11-12,19-22,27H,2-3,5-10,13-18,23-25H2,1H3,(H,30,31)(H2,32,33,34)/b12-11-/t27-/m0/s1. The number of amides is 1. The number of rotatable bonds is 22. The van der Waals surface area contributed by atoms with Gasteiger partial charge in [-0.1, -0.05) is 88.8 Å². The van der Waals surface area contributed by atoms with E-state index in [2.05, 4.69) is 31.0 Å². The Bertz CT molecular complexity index is 787. The molecular formula is C29H48NO5P. The van der Waals surface area contributed by atoms with Crippen molar-refractivity contribution in [3.8, 4) is 5.75 Å². The topological polar surface area (TPSA) is 95.9 Å². The van der Waals surface area contributed by atoms with Crippen LogP contribution in [0.25, 0.3) is 0 Å². The molecule has 0 heterocycles. The van der Waals surface area contributed by atoms with Gasteiger partial charge in [-0.2, -0.15) is 0 Å². The number of carbonyl (C=O) groups is 1. The van der Waals surface area contributed by atoms with Crippen LogP contribution in [-0.2, 0) is 15.8 Å². The van der Waals surface area contributed by atoms with Gasteiger partial charge in [0.25, 0.3) is 0 Å². The summed E-state index contributed by atoms with van der Waals surface area (Å²) in [5.74, 6) is 0.542. The molecule has 1 atom stereocenters. The van der Waals surface area contributed by atoms with Gasteiger partial charge in [-0.25, -0.2) is 0 Å². The fourth-order valence-electron chi connectivity index (χ4n) is 4.09. The average Bonchev–Trinajstić information content (AvgIpc) is 2.82. The summed E-state index contributed by atoms with van der Waals surface area (Å²) in [5, 5.41) is 2.83. The molecule has 0 unspecified atom stereocenters. The molecule has 0 spiro atoms. The van der Waals surface area contributed by atoms with Crippen molar-refractivity contribution in [2.75, 3.05) is 12.8 Å². The largest absolute Gasteiger partial charge is 0.490 e. The molecule has 0 bridgehead atoms. The first-order valence-corrected chi connectivity index (χ1v) is 15.5. The zero-order valence-corrected chi connectivity index (χ0v) is 23.1. The Morgan fingerprint density at radius 2 is 1.56 bits per heavy atom. The molecule has 1 amide bonds. The van der Waals surface area contributed by atoms with Crippen molar-refractivity contribution < 1.29 is 23.9 Å². The number of allylic oxidation sites excluding steroid dienone is 2. The van der Waals surface area contributed by atoms with E-state index in [1.165, 1.54) is 44.9 Å². The molecule has 1 aromatic rings. The van der Waals surface area contributed by atoms with E-state index in [4.69, 9.17) is 4.74 Å². The highest BCUT2D eigenvalue weighted by atomic mass is 31.2. The van der Waals surface area contributed by atoms with E-state index in [1.807, 2.05) is 12.1 Å². The van der Waals surface area contributed by atoms with Crippen LogP contribution < -0.4 is 10.1 Å². The van der Waals surface area contributed by atoms with Crippen LogP contribution in [0.2, 0.25) is 0 Å². The van der Waals surface area contributed by atoms with E-state index in [1.54, 1.807) is 18.2 Å². The monoisotopic (exact) mass is 521 g/mol. The van der Waals surface area contributed by atoms with Crippen molar-refractivity contribution in [3.63, 3.8) is 0 Å². The molecule has 0 aliphatic heterocycles. The quantitative estimate of drug-likeness (QED) is 0.0859. The second kappa shape index (κ2) is 20.2. The van der Waals surface area contributed by atoms with Crippen molar-refractivity contribution in [2.45, 2.75) is 103 Å². The molecular weight excluding hydrogens is 473 g/mol. The van der Waals surface area contributed by atoms with Crippen LogP contribution in [0.5, 0.6) is 5.75 Å². The smallest absolute Gasteiger partial charge is 0.327 e. The summed E-state index contributed by atoms with van der Waals surface area (Å²) in [6.07, 6.45) is 20.8. The number of benzene rings is 1. The molecule has 204 valence electrons. The van der Waals surface area contributed by atoms with Gasteiger partial charge in [-0.15, -0.1) is 0 Å². The molecule has 3 N–H and O–H groups in total. The van der Waals surface area contributed by atoms with Gasteiger partial charge in [0.05, 0.1) is 6.16 Å². The van der Waals surface area contributed by atoms with Crippen molar-refractivity contribution in [1.29, 1.82) is 0 Å². The molecule has 1 rings (SSSR count). The zero-order valence-electron chi connectivity index (χ0n) is 22.2. The van der Waals surface area contributed by atoms with Crippen LogP contribution in [0.3, 0.4) is 0 Å². The third-order valence-electron chi connectivity index (χ3n) is 6.01. The third kappa shape index (κ3) is 18.4. The summed E-state index contributed by atoms with van der Waals surface area (Å²) in [6, 6.07) is 6.69. The molecule has 0 saturated heterocycles. The predicted octanol–water partition coefficient (Wildman–Crippen LogP) is 7.10. The number of carbonyl (C=O) groups excluding carboxylic acids is 1. The van der Waals surface area contributed by atoms with E-state index in [0.29, 0.717) is 25.2 Å². The lowest BCUT2D eigenvalue weighted by Crippen LogP contribution is -2.39. The first kappa shape index (κ1) is 32.1. The van der Waals surface area contributed by atoms with Crippen molar-refractivity contribution in [2.24, 2.45) is 0 Å². The summed E-state index contributed by atoms with van der Waals surface area (Å²) in [6.45, 7) is 6.27. The average molecular weight is 522 g/mol. The van der Waals surface area contributed by atoms with Gasteiger partial charge in [0.2, 0.25) is 5.91 Å². The SMILES string of the molecule is C=CCOc1ccc(C[C@@H](CP(=O)(O)O)NC(=O)CCCCCC/C=C\CCCCCCCC)cc1. The molecule has 36 heavy (non-hydrogen) atoms. The minimum atomic E-state index is -4.26. The van der Waals surface area contributed by atoms with Crippen LogP contribution >= 0.6 is 7.60 Å². The van der Waals surface area contributed by atoms with E-state index < -0.39 is 13.6 Å². The van der Waals surface area contributed by atoms with Gasteiger partial charge in [0.1, 0.15) is 12.4 Å². The summed E-state index contributed by atoms with van der Waals surface area (Å²) >= 11 is 0. The van der Waals surface area contributed by atoms with Crippen molar-refractivity contribution in [1.82, 2.24) is 5.32 Å². The first-order valence-electron chi connectivity index (χ1n) is 13.7. The molecule has 0 radical (unpaired) electrons. The normalized spacial score (nSPS) is 12.5. The van der Waals surface area contributed by atoms with Gasteiger partial charge >= 0.3 is 7.60 Å². The number of nitrogens with one attached hydrogen (secondary N) is 1. The van der Waals surface area contributed by atoms with E-state index in [9.17, 15) is 19.1 Å². The fraction of sp³-hybridized carbons (Fsp3) is 0.621. The molecule has 0 fully saturated rings. The lowest BCUT2D eigenvalue weighted by molar-refractivity contribution is -0.121. The van der Waals surface area contributed by atoms with Gasteiger partial charge in [-0.3, -0.25) is 9.36 Å². The highest BCUT2D eigenvalue weighted by molar-refractivity contribution is 7.51. The van der Waals surface area contributed by atoms with Crippen LogP contribution in [0.15, 0.2) is 49.1 Å². The molecule has 6 nitrogen and oxygen atoms in total. The lowest BCUT2D eigenvalue weighted by atomic mass is 10.1. The number of hydrogen-bond donors (Lipinski definition) is 3. The Kier molecular flexibility index (Phi) is 18.0. The van der Waals surface area contributed by atoms with Crippen LogP contribution in [0.1, 0.15) is 96.0 Å². The number of unbranched alkanes of at least 4 members (excludes halogenated alkanes) is 10. The maximum atomic E-state index is 12.4. The Morgan fingerprint density at radius 1 is 0.972 bits per heavy atom. The maximum absolute atomic E-state index is 12.4. The molecule has 0 saturated carbocycles. The number of ether oxygens (including phenoxy) is 1. The fourth-order valence-corrected chi connectivity index (χ4v) is 4.88.